The van der Waals surface area contributed by atoms with E-state index in [1.807, 2.05) is 24.3 Å². The third kappa shape index (κ3) is 5.33. The summed E-state index contributed by atoms with van der Waals surface area (Å²) in [6, 6.07) is 12.5. The van der Waals surface area contributed by atoms with Crippen molar-refractivity contribution in [3.05, 3.63) is 53.6 Å². The Bertz CT molecular complexity index is 1090. The number of nitrogens with zero attached hydrogens (tertiary/aromatic N) is 1. The van der Waals surface area contributed by atoms with Crippen molar-refractivity contribution in [3.8, 4) is 11.5 Å². The predicted molar refractivity (Wildman–Crippen MR) is 128 cm³/mol. The van der Waals surface area contributed by atoms with Crippen LogP contribution >= 0.6 is 0 Å². The Kier molecular flexibility index (Phi) is 7.69. The van der Waals surface area contributed by atoms with Crippen LogP contribution in [0.15, 0.2) is 47.4 Å². The average Bonchev–Trinajstić information content (AvgIpc) is 2.82. The molecule has 0 radical (unpaired) electrons. The molecule has 1 aliphatic rings. The van der Waals surface area contributed by atoms with Gasteiger partial charge in [0.05, 0.1) is 18.0 Å². The fraction of sp³-hybridized carbons (Fsp3) is 0.480. The Morgan fingerprint density at radius 2 is 1.88 bits per heavy atom. The van der Waals surface area contributed by atoms with Crippen LogP contribution in [-0.2, 0) is 21.2 Å². The molecule has 33 heavy (non-hydrogen) atoms. The SMILES string of the molecule is CCC1(CC)C[C@@H](NC(=O)CCc2cc(S(=O)(=O)N(C)C)ccc2OC)c2ccccc2O1. The molecule has 0 fully saturated rings. The molecule has 0 spiro atoms. The number of para-hydroxylation sites is 1. The van der Waals surface area contributed by atoms with Crippen molar-refractivity contribution in [3.63, 3.8) is 0 Å². The Morgan fingerprint density at radius 3 is 2.52 bits per heavy atom. The molecule has 2 aromatic carbocycles. The van der Waals surface area contributed by atoms with Crippen molar-refractivity contribution in [2.24, 2.45) is 0 Å². The van der Waals surface area contributed by atoms with Crippen LogP contribution in [0.5, 0.6) is 11.5 Å². The first-order chi connectivity index (χ1) is 15.7. The van der Waals surface area contributed by atoms with Crippen LogP contribution in [0.1, 0.15) is 56.7 Å². The van der Waals surface area contributed by atoms with Gasteiger partial charge in [-0.05, 0) is 49.1 Å². The molecule has 1 heterocycles. The number of hydrogen-bond donors (Lipinski definition) is 1. The van der Waals surface area contributed by atoms with Gasteiger partial charge in [-0.15, -0.1) is 0 Å². The van der Waals surface area contributed by atoms with E-state index >= 15 is 0 Å². The lowest BCUT2D eigenvalue weighted by molar-refractivity contribution is -0.122. The molecule has 0 saturated carbocycles. The number of nitrogens with one attached hydrogen (secondary N) is 1. The minimum Gasteiger partial charge on any atom is -0.496 e. The fourth-order valence-corrected chi connectivity index (χ4v) is 5.22. The van der Waals surface area contributed by atoms with Crippen LogP contribution in [0, 0.1) is 0 Å². The molecule has 2 aromatic rings. The van der Waals surface area contributed by atoms with Crippen molar-refractivity contribution >= 4 is 15.9 Å². The minimum absolute atomic E-state index is 0.0965. The zero-order valence-electron chi connectivity index (χ0n) is 20.1. The van der Waals surface area contributed by atoms with Crippen LogP contribution in [0.3, 0.4) is 0 Å². The summed E-state index contributed by atoms with van der Waals surface area (Å²) in [6.07, 6.45) is 3.00. The summed E-state index contributed by atoms with van der Waals surface area (Å²) >= 11 is 0. The van der Waals surface area contributed by atoms with Gasteiger partial charge in [0.15, 0.2) is 0 Å². The van der Waals surface area contributed by atoms with E-state index in [1.165, 1.54) is 31.6 Å². The molecule has 180 valence electrons. The molecule has 0 saturated heterocycles. The first-order valence-electron chi connectivity index (χ1n) is 11.3. The molecule has 0 aliphatic carbocycles. The average molecular weight is 475 g/mol. The summed E-state index contributed by atoms with van der Waals surface area (Å²) in [5.41, 5.74) is 1.36. The quantitative estimate of drug-likeness (QED) is 0.592. The Balaban J connectivity index is 1.77. The number of carbonyl (C=O) groups is 1. The number of benzene rings is 2. The number of fused-ring (bicyclic) bond motifs is 1. The Morgan fingerprint density at radius 1 is 1.18 bits per heavy atom. The van der Waals surface area contributed by atoms with E-state index in [4.69, 9.17) is 9.47 Å². The summed E-state index contributed by atoms with van der Waals surface area (Å²) in [4.78, 5) is 13.1. The van der Waals surface area contributed by atoms with E-state index in [0.29, 0.717) is 24.2 Å². The van der Waals surface area contributed by atoms with Crippen molar-refractivity contribution in [1.82, 2.24) is 9.62 Å². The highest BCUT2D eigenvalue weighted by atomic mass is 32.2. The molecule has 0 aromatic heterocycles. The first kappa shape index (κ1) is 25.1. The molecular formula is C25H34N2O5S. The van der Waals surface area contributed by atoms with E-state index in [1.54, 1.807) is 12.1 Å². The van der Waals surface area contributed by atoms with E-state index in [-0.39, 0.29) is 28.9 Å². The topological polar surface area (TPSA) is 84.9 Å². The molecule has 3 rings (SSSR count). The summed E-state index contributed by atoms with van der Waals surface area (Å²) < 4.78 is 37.9. The van der Waals surface area contributed by atoms with Crippen LogP contribution in [-0.4, -0.2) is 45.4 Å². The molecule has 1 aliphatic heterocycles. The van der Waals surface area contributed by atoms with Gasteiger partial charge in [-0.1, -0.05) is 32.0 Å². The van der Waals surface area contributed by atoms with Gasteiger partial charge >= 0.3 is 0 Å². The smallest absolute Gasteiger partial charge is 0.242 e. The van der Waals surface area contributed by atoms with Gasteiger partial charge in [0.2, 0.25) is 15.9 Å². The highest BCUT2D eigenvalue weighted by molar-refractivity contribution is 7.89. The van der Waals surface area contributed by atoms with Gasteiger partial charge in [-0.2, -0.15) is 0 Å². The molecule has 1 amide bonds. The molecular weight excluding hydrogens is 440 g/mol. The maximum atomic E-state index is 13.0. The van der Waals surface area contributed by atoms with E-state index in [9.17, 15) is 13.2 Å². The van der Waals surface area contributed by atoms with Gasteiger partial charge in [-0.3, -0.25) is 4.79 Å². The number of amides is 1. The standard InChI is InChI=1S/C25H34N2O5S/c1-6-25(7-2)17-21(20-10-8-9-11-23(20)32-25)26-24(28)15-12-18-16-19(13-14-22(18)31-5)33(29,30)27(3)4/h8-11,13-14,16,21H,6-7,12,15,17H2,1-5H3,(H,26,28)/t21-/m1/s1. The van der Waals surface area contributed by atoms with E-state index in [0.717, 1.165) is 24.2 Å². The second-order valence-corrected chi connectivity index (χ2v) is 10.8. The maximum Gasteiger partial charge on any atom is 0.242 e. The monoisotopic (exact) mass is 474 g/mol. The number of rotatable bonds is 9. The molecule has 0 unspecified atom stereocenters. The lowest BCUT2D eigenvalue weighted by Gasteiger charge is -2.41. The number of ether oxygens (including phenoxy) is 2. The second kappa shape index (κ2) is 10.1. The van der Waals surface area contributed by atoms with Crippen LogP contribution < -0.4 is 14.8 Å². The third-order valence-corrected chi connectivity index (χ3v) is 8.28. The number of carbonyl (C=O) groups excluding carboxylic acids is 1. The van der Waals surface area contributed by atoms with Crippen LogP contribution in [0.25, 0.3) is 0 Å². The number of hydrogen-bond acceptors (Lipinski definition) is 5. The minimum atomic E-state index is -3.57. The zero-order chi connectivity index (χ0) is 24.2. The highest BCUT2D eigenvalue weighted by Crippen LogP contribution is 2.42. The van der Waals surface area contributed by atoms with Gasteiger partial charge in [0.1, 0.15) is 17.1 Å². The first-order valence-corrected chi connectivity index (χ1v) is 12.8. The molecule has 1 atom stereocenters. The third-order valence-electron chi connectivity index (χ3n) is 6.47. The molecule has 8 heteroatoms. The predicted octanol–water partition coefficient (Wildman–Crippen LogP) is 4.08. The second-order valence-electron chi connectivity index (χ2n) is 8.62. The number of sulfonamides is 1. The van der Waals surface area contributed by atoms with Crippen molar-refractivity contribution in [2.75, 3.05) is 21.2 Å². The zero-order valence-corrected chi connectivity index (χ0v) is 20.9. The number of aryl methyl sites for hydroxylation is 1. The largest absolute Gasteiger partial charge is 0.496 e. The van der Waals surface area contributed by atoms with Gasteiger partial charge in [0, 0.05) is 32.5 Å². The maximum absolute atomic E-state index is 13.0. The molecule has 0 bridgehead atoms. The Hall–Kier alpha value is -2.58. The fourth-order valence-electron chi connectivity index (χ4n) is 4.27. The summed E-state index contributed by atoms with van der Waals surface area (Å²) in [6.45, 7) is 4.22. The van der Waals surface area contributed by atoms with Crippen LogP contribution in [0.2, 0.25) is 0 Å². The summed E-state index contributed by atoms with van der Waals surface area (Å²) in [5, 5.41) is 3.18. The highest BCUT2D eigenvalue weighted by Gasteiger charge is 2.38. The van der Waals surface area contributed by atoms with E-state index in [2.05, 4.69) is 19.2 Å². The van der Waals surface area contributed by atoms with Crippen LogP contribution in [0.4, 0.5) is 0 Å². The summed E-state index contributed by atoms with van der Waals surface area (Å²) in [7, 11) is 0.942. The number of methoxy groups -OCH3 is 1. The molecule has 1 N–H and O–H groups in total. The van der Waals surface area contributed by atoms with Gasteiger partial charge in [0.25, 0.3) is 0 Å². The Labute approximate surface area is 197 Å². The summed E-state index contributed by atoms with van der Waals surface area (Å²) in [5.74, 6) is 1.29. The normalized spacial score (nSPS) is 17.2. The van der Waals surface area contributed by atoms with Crippen molar-refractivity contribution in [2.45, 2.75) is 62.5 Å². The van der Waals surface area contributed by atoms with E-state index < -0.39 is 10.0 Å². The van der Waals surface area contributed by atoms with Gasteiger partial charge in [-0.25, -0.2) is 12.7 Å². The van der Waals surface area contributed by atoms with Gasteiger partial charge < -0.3 is 14.8 Å². The van der Waals surface area contributed by atoms with Crippen molar-refractivity contribution < 1.29 is 22.7 Å². The molecule has 7 nitrogen and oxygen atoms in total. The van der Waals surface area contributed by atoms with Crippen molar-refractivity contribution in [1.29, 1.82) is 0 Å². The lowest BCUT2D eigenvalue weighted by Crippen LogP contribution is -2.44. The lowest BCUT2D eigenvalue weighted by atomic mass is 9.83.